The summed E-state index contributed by atoms with van der Waals surface area (Å²) in [7, 11) is 0. The molecular weight excluding hydrogens is 490 g/mol. The van der Waals surface area contributed by atoms with Crippen LogP contribution in [-0.4, -0.2) is 18.7 Å². The molecule has 2 aromatic carbocycles. The van der Waals surface area contributed by atoms with Crippen molar-refractivity contribution in [3.05, 3.63) is 75.1 Å². The predicted octanol–water partition coefficient (Wildman–Crippen LogP) is 8.16. The second kappa shape index (κ2) is 10.5. The summed E-state index contributed by atoms with van der Waals surface area (Å²) >= 11 is 7.47. The highest BCUT2D eigenvalue weighted by Crippen LogP contribution is 2.45. The number of hydrogen-bond donors (Lipinski definition) is 1. The lowest BCUT2D eigenvalue weighted by atomic mass is 9.72. The molecule has 0 saturated carbocycles. The number of rotatable bonds is 6. The zero-order valence-corrected chi connectivity index (χ0v) is 21.4. The molecule has 4 nitrogen and oxygen atoms in total. The van der Waals surface area contributed by atoms with Gasteiger partial charge in [0, 0.05) is 27.4 Å². The van der Waals surface area contributed by atoms with Crippen LogP contribution in [0, 0.1) is 11.3 Å². The lowest BCUT2D eigenvalue weighted by Crippen LogP contribution is -2.27. The number of ether oxygens (including phenoxy) is 1. The highest BCUT2D eigenvalue weighted by Gasteiger charge is 2.33. The highest BCUT2D eigenvalue weighted by atomic mass is 35.5. The Bertz CT molecular complexity index is 1230. The van der Waals surface area contributed by atoms with E-state index in [0.717, 1.165) is 29.7 Å². The van der Waals surface area contributed by atoms with E-state index in [1.54, 1.807) is 42.5 Å². The topological polar surface area (TPSA) is 50.7 Å². The zero-order valence-electron chi connectivity index (χ0n) is 19.8. The summed E-state index contributed by atoms with van der Waals surface area (Å²) in [6, 6.07) is 13.4. The van der Waals surface area contributed by atoms with Gasteiger partial charge in [-0.15, -0.1) is 11.3 Å². The lowest BCUT2D eigenvalue weighted by molar-refractivity contribution is -0.0499. The van der Waals surface area contributed by atoms with Gasteiger partial charge in [0.2, 0.25) is 0 Å². The van der Waals surface area contributed by atoms with Crippen LogP contribution in [0.1, 0.15) is 53.6 Å². The molecule has 1 atom stereocenters. The fourth-order valence-electron chi connectivity index (χ4n) is 4.28. The molecule has 0 spiro atoms. The number of fused-ring (bicyclic) bond motifs is 1. The number of anilines is 1. The SMILES string of the molecule is CC(C)(C)[C@@H]1CCc2c(sc(N=Cc3ccccc3OC(F)F)c2C(=O)Nc2ccc(Cl)cc2)C1. The van der Waals surface area contributed by atoms with Crippen molar-refractivity contribution in [1.82, 2.24) is 0 Å². The third-order valence-electron chi connectivity index (χ3n) is 6.26. The number of nitrogens with one attached hydrogen (secondary N) is 1. The molecule has 1 heterocycles. The van der Waals surface area contributed by atoms with Crippen molar-refractivity contribution in [3.63, 3.8) is 0 Å². The maximum absolute atomic E-state index is 13.4. The summed E-state index contributed by atoms with van der Waals surface area (Å²) in [5.41, 5.74) is 2.76. The molecule has 0 unspecified atom stereocenters. The van der Waals surface area contributed by atoms with Crippen molar-refractivity contribution in [2.45, 2.75) is 46.6 Å². The van der Waals surface area contributed by atoms with Gasteiger partial charge in [-0.2, -0.15) is 8.78 Å². The third-order valence-corrected chi connectivity index (χ3v) is 7.67. The predicted molar refractivity (Wildman–Crippen MR) is 139 cm³/mol. The Balaban J connectivity index is 1.71. The van der Waals surface area contributed by atoms with Crippen molar-refractivity contribution in [2.24, 2.45) is 16.3 Å². The molecule has 1 N–H and O–H groups in total. The number of thiophene rings is 1. The molecule has 0 aliphatic heterocycles. The second-order valence-corrected chi connectivity index (χ2v) is 11.1. The molecule has 35 heavy (non-hydrogen) atoms. The third kappa shape index (κ3) is 6.08. The number of halogens is 3. The van der Waals surface area contributed by atoms with Gasteiger partial charge in [-0.3, -0.25) is 4.79 Å². The van der Waals surface area contributed by atoms with Gasteiger partial charge in [-0.05, 0) is 72.6 Å². The normalized spacial score (nSPS) is 15.9. The number of nitrogens with zero attached hydrogens (tertiary/aromatic N) is 1. The molecule has 0 fully saturated rings. The minimum absolute atomic E-state index is 0.0348. The molecule has 4 rings (SSSR count). The Kier molecular flexibility index (Phi) is 7.57. The van der Waals surface area contributed by atoms with Gasteiger partial charge in [0.05, 0.1) is 5.56 Å². The zero-order chi connectivity index (χ0) is 25.2. The van der Waals surface area contributed by atoms with Crippen molar-refractivity contribution >= 4 is 45.7 Å². The molecule has 0 radical (unpaired) electrons. The first kappa shape index (κ1) is 25.3. The molecule has 3 aromatic rings. The largest absolute Gasteiger partial charge is 0.434 e. The van der Waals surface area contributed by atoms with Crippen molar-refractivity contribution in [2.75, 3.05) is 5.32 Å². The maximum Gasteiger partial charge on any atom is 0.387 e. The van der Waals surface area contributed by atoms with Crippen LogP contribution in [0.15, 0.2) is 53.5 Å². The summed E-state index contributed by atoms with van der Waals surface area (Å²) in [4.78, 5) is 19.2. The van der Waals surface area contributed by atoms with Gasteiger partial charge in [0.25, 0.3) is 5.91 Å². The van der Waals surface area contributed by atoms with Gasteiger partial charge < -0.3 is 10.1 Å². The molecule has 184 valence electrons. The fraction of sp³-hybridized carbons (Fsp3) is 0.333. The Labute approximate surface area is 213 Å². The van der Waals surface area contributed by atoms with Crippen LogP contribution in [-0.2, 0) is 12.8 Å². The molecule has 1 amide bonds. The van der Waals surface area contributed by atoms with E-state index in [2.05, 4.69) is 35.8 Å². The highest BCUT2D eigenvalue weighted by molar-refractivity contribution is 7.16. The minimum atomic E-state index is -2.94. The number of alkyl halides is 2. The lowest BCUT2D eigenvalue weighted by Gasteiger charge is -2.33. The van der Waals surface area contributed by atoms with Crippen molar-refractivity contribution < 1.29 is 18.3 Å². The summed E-state index contributed by atoms with van der Waals surface area (Å²) in [5, 5.41) is 4.09. The maximum atomic E-state index is 13.4. The summed E-state index contributed by atoms with van der Waals surface area (Å²) in [5.74, 6) is 0.286. The average molecular weight is 517 g/mol. The van der Waals surface area contributed by atoms with Crippen molar-refractivity contribution in [1.29, 1.82) is 0 Å². The number of para-hydroxylation sites is 1. The van der Waals surface area contributed by atoms with E-state index < -0.39 is 6.61 Å². The van der Waals surface area contributed by atoms with Crippen LogP contribution in [0.2, 0.25) is 5.02 Å². The van der Waals surface area contributed by atoms with E-state index in [4.69, 9.17) is 11.6 Å². The quantitative estimate of drug-likeness (QED) is 0.336. The number of carbonyl (C=O) groups is 1. The Morgan fingerprint density at radius 3 is 2.60 bits per heavy atom. The molecule has 0 bridgehead atoms. The molecular formula is C27H27ClF2N2O2S. The van der Waals surface area contributed by atoms with E-state index in [9.17, 15) is 13.6 Å². The number of benzene rings is 2. The number of aliphatic imine (C=N–C) groups is 1. The van der Waals surface area contributed by atoms with Crippen LogP contribution < -0.4 is 10.1 Å². The first-order valence-electron chi connectivity index (χ1n) is 11.4. The summed E-state index contributed by atoms with van der Waals surface area (Å²) in [6.45, 7) is 3.78. The van der Waals surface area contributed by atoms with E-state index >= 15 is 0 Å². The molecule has 0 saturated heterocycles. The molecule has 1 aliphatic carbocycles. The number of carbonyl (C=O) groups excluding carboxylic acids is 1. The van der Waals surface area contributed by atoms with Crippen molar-refractivity contribution in [3.8, 4) is 5.75 Å². The molecule has 8 heteroatoms. The van der Waals surface area contributed by atoms with E-state index in [-0.39, 0.29) is 17.1 Å². The first-order chi connectivity index (χ1) is 16.6. The fourth-order valence-corrected chi connectivity index (χ4v) is 5.68. The van der Waals surface area contributed by atoms with Gasteiger partial charge in [-0.1, -0.05) is 44.5 Å². The smallest absolute Gasteiger partial charge is 0.387 e. The van der Waals surface area contributed by atoms with Crippen LogP contribution in [0.3, 0.4) is 0 Å². The van der Waals surface area contributed by atoms with Crippen LogP contribution in [0.25, 0.3) is 0 Å². The van der Waals surface area contributed by atoms with Crippen LogP contribution in [0.4, 0.5) is 19.5 Å². The van der Waals surface area contributed by atoms with E-state index in [1.807, 2.05) is 0 Å². The van der Waals surface area contributed by atoms with E-state index in [1.165, 1.54) is 23.6 Å². The second-order valence-electron chi connectivity index (χ2n) is 9.63. The van der Waals surface area contributed by atoms with E-state index in [0.29, 0.717) is 32.8 Å². The van der Waals surface area contributed by atoms with Gasteiger partial charge in [0.1, 0.15) is 10.8 Å². The number of hydrogen-bond acceptors (Lipinski definition) is 4. The van der Waals surface area contributed by atoms with Gasteiger partial charge >= 0.3 is 6.61 Å². The monoisotopic (exact) mass is 516 g/mol. The summed E-state index contributed by atoms with van der Waals surface area (Å²) in [6.07, 6.45) is 4.14. The average Bonchev–Trinajstić information content (AvgIpc) is 3.17. The molecule has 1 aromatic heterocycles. The summed E-state index contributed by atoms with van der Waals surface area (Å²) < 4.78 is 30.3. The number of amides is 1. The Hall–Kier alpha value is -2.77. The van der Waals surface area contributed by atoms with Crippen LogP contribution in [0.5, 0.6) is 5.75 Å². The standard InChI is InChI=1S/C27H27ClF2N2O2S/c1-27(2,3)17-8-13-20-22(14-17)35-25(23(20)24(33)32-19-11-9-18(28)10-12-19)31-15-16-6-4-5-7-21(16)34-26(29)30/h4-7,9-12,15,17,26H,8,13-14H2,1-3H3,(H,32,33)/t17-/m1/s1. The minimum Gasteiger partial charge on any atom is -0.434 e. The van der Waals surface area contributed by atoms with Crippen LogP contribution >= 0.6 is 22.9 Å². The van der Waals surface area contributed by atoms with Gasteiger partial charge in [-0.25, -0.2) is 4.99 Å². The van der Waals surface area contributed by atoms with Gasteiger partial charge in [0.15, 0.2) is 0 Å². The molecule has 1 aliphatic rings. The Morgan fingerprint density at radius 1 is 1.20 bits per heavy atom. The Morgan fingerprint density at radius 2 is 1.91 bits per heavy atom. The first-order valence-corrected chi connectivity index (χ1v) is 12.6.